The quantitative estimate of drug-likeness (QED) is 0.593. The molecule has 1 unspecified atom stereocenters. The zero-order valence-electron chi connectivity index (χ0n) is 8.98. The maximum Gasteiger partial charge on any atom is 0.305 e. The van der Waals surface area contributed by atoms with Crippen LogP contribution in [0.5, 0.6) is 0 Å². The number of hydrogen-bond acceptors (Lipinski definition) is 3. The van der Waals surface area contributed by atoms with Gasteiger partial charge in [-0.3, -0.25) is 9.59 Å². The first-order chi connectivity index (χ1) is 7.02. The van der Waals surface area contributed by atoms with Crippen LogP contribution in [0.25, 0.3) is 0 Å². The predicted molar refractivity (Wildman–Crippen MR) is 57.3 cm³/mol. The lowest BCUT2D eigenvalue weighted by Crippen LogP contribution is -2.45. The molecule has 0 spiro atoms. The van der Waals surface area contributed by atoms with Crippen LogP contribution in [0.1, 0.15) is 19.8 Å². The molecule has 0 aliphatic rings. The first-order valence-electron chi connectivity index (χ1n) is 4.90. The highest BCUT2D eigenvalue weighted by Crippen LogP contribution is 1.99. The van der Waals surface area contributed by atoms with Crippen LogP contribution in [0.4, 0.5) is 0 Å². The van der Waals surface area contributed by atoms with E-state index in [0.717, 1.165) is 6.42 Å². The van der Waals surface area contributed by atoms with Crippen molar-refractivity contribution in [2.45, 2.75) is 25.8 Å². The summed E-state index contributed by atoms with van der Waals surface area (Å²) in [7, 11) is 0. The number of hydrogen-bond donors (Lipinski definition) is 2. The fourth-order valence-corrected chi connectivity index (χ4v) is 1.23. The first-order valence-corrected chi connectivity index (χ1v) is 4.90. The third-order valence-electron chi connectivity index (χ3n) is 1.87. The van der Waals surface area contributed by atoms with Crippen LogP contribution in [-0.2, 0) is 9.59 Å². The molecule has 5 nitrogen and oxygen atoms in total. The lowest BCUT2D eigenvalue weighted by atomic mass is 10.2. The van der Waals surface area contributed by atoms with Crippen LogP contribution in [-0.4, -0.2) is 41.0 Å². The molecule has 3 N–H and O–H groups in total. The summed E-state index contributed by atoms with van der Waals surface area (Å²) in [6.07, 6.45) is 2.07. The van der Waals surface area contributed by atoms with Gasteiger partial charge in [-0.1, -0.05) is 13.0 Å². The number of rotatable bonds is 7. The highest BCUT2D eigenvalue weighted by atomic mass is 16.4. The molecule has 0 heterocycles. The number of carbonyl (C=O) groups excluding carboxylic acids is 1. The second kappa shape index (κ2) is 7.00. The predicted octanol–water partition coefficient (Wildman–Crippen LogP) is 0.213. The van der Waals surface area contributed by atoms with Crippen molar-refractivity contribution in [2.75, 3.05) is 13.1 Å². The molecule has 15 heavy (non-hydrogen) atoms. The minimum absolute atomic E-state index is 0.334. The lowest BCUT2D eigenvalue weighted by Gasteiger charge is -2.23. The van der Waals surface area contributed by atoms with E-state index in [1.807, 2.05) is 6.92 Å². The smallest absolute Gasteiger partial charge is 0.305 e. The van der Waals surface area contributed by atoms with Crippen LogP contribution < -0.4 is 5.73 Å². The summed E-state index contributed by atoms with van der Waals surface area (Å²) in [6.45, 7) is 6.44. The fourth-order valence-electron chi connectivity index (χ4n) is 1.23. The Morgan fingerprint density at radius 3 is 2.60 bits per heavy atom. The summed E-state index contributed by atoms with van der Waals surface area (Å²) in [6, 6.07) is -0.964. The molecule has 86 valence electrons. The molecule has 0 aromatic heterocycles. The average Bonchev–Trinajstić information content (AvgIpc) is 2.15. The van der Waals surface area contributed by atoms with Gasteiger partial charge >= 0.3 is 5.97 Å². The Balaban J connectivity index is 4.33. The summed E-state index contributed by atoms with van der Waals surface area (Å²) in [5.41, 5.74) is 5.47. The van der Waals surface area contributed by atoms with E-state index in [1.54, 1.807) is 6.08 Å². The van der Waals surface area contributed by atoms with Gasteiger partial charge in [0.05, 0.1) is 12.5 Å². The van der Waals surface area contributed by atoms with Crippen molar-refractivity contribution in [3.8, 4) is 0 Å². The monoisotopic (exact) mass is 214 g/mol. The van der Waals surface area contributed by atoms with Gasteiger partial charge in [-0.25, -0.2) is 0 Å². The first kappa shape index (κ1) is 13.6. The van der Waals surface area contributed by atoms with Gasteiger partial charge in [-0.15, -0.1) is 6.58 Å². The second-order valence-corrected chi connectivity index (χ2v) is 3.28. The lowest BCUT2D eigenvalue weighted by molar-refractivity contribution is -0.141. The summed E-state index contributed by atoms with van der Waals surface area (Å²) < 4.78 is 0. The minimum atomic E-state index is -1.06. The third kappa shape index (κ3) is 5.17. The molecule has 5 heteroatoms. The molecule has 0 rings (SSSR count). The van der Waals surface area contributed by atoms with Crippen LogP contribution >= 0.6 is 0 Å². The Labute approximate surface area is 89.6 Å². The van der Waals surface area contributed by atoms with Crippen LogP contribution in [0.3, 0.4) is 0 Å². The van der Waals surface area contributed by atoms with Gasteiger partial charge in [0, 0.05) is 13.1 Å². The number of carbonyl (C=O) groups is 2. The van der Waals surface area contributed by atoms with Gasteiger partial charge in [-0.05, 0) is 6.42 Å². The maximum absolute atomic E-state index is 11.6. The van der Waals surface area contributed by atoms with Gasteiger partial charge in [0.2, 0.25) is 5.91 Å². The number of amides is 1. The van der Waals surface area contributed by atoms with Gasteiger partial charge in [0.1, 0.15) is 0 Å². The van der Waals surface area contributed by atoms with Crippen molar-refractivity contribution in [3.05, 3.63) is 12.7 Å². The maximum atomic E-state index is 11.6. The molecule has 0 aromatic rings. The van der Waals surface area contributed by atoms with E-state index >= 15 is 0 Å². The summed E-state index contributed by atoms with van der Waals surface area (Å²) in [5, 5.41) is 8.50. The zero-order valence-corrected chi connectivity index (χ0v) is 8.98. The van der Waals surface area contributed by atoms with E-state index in [9.17, 15) is 9.59 Å². The molecular weight excluding hydrogens is 196 g/mol. The van der Waals surface area contributed by atoms with Gasteiger partial charge in [0.15, 0.2) is 0 Å². The van der Waals surface area contributed by atoms with Crippen LogP contribution in [0.15, 0.2) is 12.7 Å². The number of carboxylic acids is 1. The molecule has 1 atom stereocenters. The Bertz CT molecular complexity index is 241. The van der Waals surface area contributed by atoms with Crippen molar-refractivity contribution < 1.29 is 14.7 Å². The Kier molecular flexibility index (Phi) is 6.37. The van der Waals surface area contributed by atoms with E-state index in [0.29, 0.717) is 13.1 Å². The number of nitrogens with zero attached hydrogens (tertiary/aromatic N) is 1. The normalized spacial score (nSPS) is 11.9. The SMILES string of the molecule is C=CCN(CCC)C(=O)C(N)CC(=O)O. The van der Waals surface area contributed by atoms with E-state index in [2.05, 4.69) is 6.58 Å². The molecule has 0 saturated heterocycles. The molecule has 0 aromatic carbocycles. The Morgan fingerprint density at radius 2 is 2.20 bits per heavy atom. The summed E-state index contributed by atoms with van der Waals surface area (Å²) in [4.78, 5) is 23.5. The van der Waals surface area contributed by atoms with Crippen LogP contribution in [0, 0.1) is 0 Å². The molecule has 0 bridgehead atoms. The largest absolute Gasteiger partial charge is 0.481 e. The van der Waals surface area contributed by atoms with Crippen molar-refractivity contribution in [2.24, 2.45) is 5.73 Å². The van der Waals surface area contributed by atoms with Gasteiger partial charge in [0.25, 0.3) is 0 Å². The third-order valence-corrected chi connectivity index (χ3v) is 1.87. The van der Waals surface area contributed by atoms with Crippen molar-refractivity contribution >= 4 is 11.9 Å². The minimum Gasteiger partial charge on any atom is -0.481 e. The number of carboxylic acid groups (broad SMARTS) is 1. The van der Waals surface area contributed by atoms with Gasteiger partial charge < -0.3 is 15.7 Å². The summed E-state index contributed by atoms with van der Waals surface area (Å²) >= 11 is 0. The molecule has 0 aliphatic carbocycles. The number of nitrogens with two attached hydrogens (primary N) is 1. The van der Waals surface area contributed by atoms with E-state index in [1.165, 1.54) is 4.90 Å². The molecule has 0 aliphatic heterocycles. The average molecular weight is 214 g/mol. The molecule has 0 saturated carbocycles. The molecule has 0 fully saturated rings. The Morgan fingerprint density at radius 1 is 1.60 bits per heavy atom. The second-order valence-electron chi connectivity index (χ2n) is 3.28. The van der Waals surface area contributed by atoms with E-state index in [4.69, 9.17) is 10.8 Å². The number of aliphatic carboxylic acids is 1. The Hall–Kier alpha value is -1.36. The standard InChI is InChI=1S/C10H18N2O3/c1-3-5-12(6-4-2)10(15)8(11)7-9(13)14/h3,8H,1,4-7,11H2,2H3,(H,13,14). The van der Waals surface area contributed by atoms with E-state index in [-0.39, 0.29) is 12.3 Å². The molecule has 1 amide bonds. The fraction of sp³-hybridized carbons (Fsp3) is 0.600. The van der Waals surface area contributed by atoms with Crippen LogP contribution in [0.2, 0.25) is 0 Å². The van der Waals surface area contributed by atoms with Crippen molar-refractivity contribution in [3.63, 3.8) is 0 Å². The topological polar surface area (TPSA) is 83.6 Å². The van der Waals surface area contributed by atoms with Gasteiger partial charge in [-0.2, -0.15) is 0 Å². The van der Waals surface area contributed by atoms with E-state index < -0.39 is 12.0 Å². The van der Waals surface area contributed by atoms with Crippen molar-refractivity contribution in [1.82, 2.24) is 4.90 Å². The highest BCUT2D eigenvalue weighted by Gasteiger charge is 2.21. The molecule has 0 radical (unpaired) electrons. The van der Waals surface area contributed by atoms with Crippen molar-refractivity contribution in [1.29, 1.82) is 0 Å². The highest BCUT2D eigenvalue weighted by molar-refractivity contribution is 5.86. The molecular formula is C10H18N2O3. The summed E-state index contributed by atoms with van der Waals surface area (Å²) in [5.74, 6) is -1.40. The zero-order chi connectivity index (χ0) is 11.8.